The molecule has 0 aliphatic carbocycles. The van der Waals surface area contributed by atoms with E-state index in [9.17, 15) is 18.0 Å². The molecule has 3 unspecified atom stereocenters. The van der Waals surface area contributed by atoms with Gasteiger partial charge in [0.1, 0.15) is 23.1 Å². The van der Waals surface area contributed by atoms with Gasteiger partial charge in [-0.3, -0.25) is 14.5 Å². The van der Waals surface area contributed by atoms with Crippen molar-refractivity contribution in [3.63, 3.8) is 0 Å². The highest BCUT2D eigenvalue weighted by atomic mass is 35.5. The fraction of sp³-hybridized carbons (Fsp3) is 0.481. The number of hydrogen-bond donors (Lipinski definition) is 0. The Morgan fingerprint density at radius 1 is 0.897 bits per heavy atom. The van der Waals surface area contributed by atoms with Crippen LogP contribution in [0, 0.1) is 0 Å². The van der Waals surface area contributed by atoms with Gasteiger partial charge < -0.3 is 9.80 Å². The molecule has 3 atom stereocenters. The van der Waals surface area contributed by atoms with Gasteiger partial charge in [0.25, 0.3) is 0 Å². The first-order valence-electron chi connectivity index (χ1n) is 13.1. The van der Waals surface area contributed by atoms with E-state index < -0.39 is 28.3 Å². The molecule has 3 aliphatic heterocycles. The summed E-state index contributed by atoms with van der Waals surface area (Å²) in [6, 6.07) is 9.65. The van der Waals surface area contributed by atoms with Crippen LogP contribution in [0.4, 0.5) is 0 Å². The maximum absolute atomic E-state index is 14.2. The van der Waals surface area contributed by atoms with E-state index >= 15 is 0 Å². The maximum atomic E-state index is 14.2. The molecule has 3 aliphatic rings. The highest BCUT2D eigenvalue weighted by Crippen LogP contribution is 2.36. The van der Waals surface area contributed by atoms with Crippen molar-refractivity contribution in [2.45, 2.75) is 62.3 Å². The predicted molar refractivity (Wildman–Crippen MR) is 151 cm³/mol. The van der Waals surface area contributed by atoms with Crippen molar-refractivity contribution in [3.8, 4) is 0 Å². The van der Waals surface area contributed by atoms with Crippen molar-refractivity contribution < 1.29 is 18.0 Å². The van der Waals surface area contributed by atoms with Crippen LogP contribution >= 0.6 is 34.8 Å². The van der Waals surface area contributed by atoms with Gasteiger partial charge in [0, 0.05) is 29.1 Å². The molecular formula is C27H31Cl3N4O4S. The summed E-state index contributed by atoms with van der Waals surface area (Å²) < 4.78 is 29.8. The van der Waals surface area contributed by atoms with Gasteiger partial charge >= 0.3 is 0 Å². The van der Waals surface area contributed by atoms with E-state index in [1.807, 2.05) is 30.9 Å². The lowest BCUT2D eigenvalue weighted by molar-refractivity contribution is -0.171. The standard InChI is InChI=1S/C27H31Cl3N4O4S/c1-17(2)32-16-25-33(39(37,38)24-10-9-20(29)14-21(24)30)15-23(31-11-3-4-12-31)27(36)34(25)22(26(32)35)13-18-5-7-19(28)8-6-18/h5-10,14,17,22-23,25H,3-4,11-13,15-16H2,1-2H3. The first-order valence-corrected chi connectivity index (χ1v) is 15.6. The number of carbonyl (C=O) groups excluding carboxylic acids is 2. The van der Waals surface area contributed by atoms with Crippen molar-refractivity contribution in [2.24, 2.45) is 0 Å². The second kappa shape index (κ2) is 11.2. The van der Waals surface area contributed by atoms with Crippen LogP contribution < -0.4 is 0 Å². The average Bonchev–Trinajstić information content (AvgIpc) is 3.41. The maximum Gasteiger partial charge on any atom is 0.246 e. The van der Waals surface area contributed by atoms with Gasteiger partial charge in [-0.1, -0.05) is 46.9 Å². The Morgan fingerprint density at radius 2 is 1.54 bits per heavy atom. The summed E-state index contributed by atoms with van der Waals surface area (Å²) in [7, 11) is -4.17. The molecular weight excluding hydrogens is 583 g/mol. The van der Waals surface area contributed by atoms with Gasteiger partial charge in [-0.05, 0) is 75.7 Å². The van der Waals surface area contributed by atoms with Crippen molar-refractivity contribution in [3.05, 3.63) is 63.1 Å². The van der Waals surface area contributed by atoms with Gasteiger partial charge in [0.2, 0.25) is 21.8 Å². The quantitative estimate of drug-likeness (QED) is 0.490. The molecule has 2 aromatic rings. The molecule has 39 heavy (non-hydrogen) atoms. The SMILES string of the molecule is CC(C)N1CC2N(C(=O)C(N3CCCC3)CN2S(=O)(=O)c2ccc(Cl)cc2Cl)C(Cc2ccc(Cl)cc2)C1=O. The third kappa shape index (κ3) is 5.42. The molecule has 8 nitrogen and oxygen atoms in total. The Hall–Kier alpha value is -1.88. The molecule has 3 saturated heterocycles. The Morgan fingerprint density at radius 3 is 2.15 bits per heavy atom. The molecule has 2 aromatic carbocycles. The second-order valence-electron chi connectivity index (χ2n) is 10.6. The number of rotatable bonds is 6. The second-order valence-corrected chi connectivity index (χ2v) is 13.7. The fourth-order valence-corrected chi connectivity index (χ4v) is 8.28. The largest absolute Gasteiger partial charge is 0.335 e. The number of sulfonamides is 1. The minimum Gasteiger partial charge on any atom is -0.335 e. The molecule has 0 saturated carbocycles. The molecule has 5 rings (SSSR count). The summed E-state index contributed by atoms with van der Waals surface area (Å²) in [6.45, 7) is 5.21. The molecule has 12 heteroatoms. The van der Waals surface area contributed by atoms with Crippen molar-refractivity contribution >= 4 is 56.6 Å². The lowest BCUT2D eigenvalue weighted by Crippen LogP contribution is -2.76. The first-order chi connectivity index (χ1) is 18.5. The van der Waals surface area contributed by atoms with Crippen LogP contribution in [0.15, 0.2) is 47.4 Å². The van der Waals surface area contributed by atoms with E-state index in [1.165, 1.54) is 27.4 Å². The molecule has 0 N–H and O–H groups in total. The lowest BCUT2D eigenvalue weighted by Gasteiger charge is -2.55. The Labute approximate surface area is 244 Å². The topological polar surface area (TPSA) is 81.2 Å². The summed E-state index contributed by atoms with van der Waals surface area (Å²) in [5, 5.41) is 0.895. The van der Waals surface area contributed by atoms with Crippen molar-refractivity contribution in [1.82, 2.24) is 19.0 Å². The number of piperazine rings is 1. The highest BCUT2D eigenvalue weighted by Gasteiger charge is 2.55. The minimum atomic E-state index is -4.17. The highest BCUT2D eigenvalue weighted by molar-refractivity contribution is 7.89. The number of nitrogens with zero attached hydrogens (tertiary/aromatic N) is 4. The van der Waals surface area contributed by atoms with E-state index in [1.54, 1.807) is 17.0 Å². The van der Waals surface area contributed by atoms with E-state index in [0.29, 0.717) is 23.1 Å². The summed E-state index contributed by atoms with van der Waals surface area (Å²) >= 11 is 18.5. The van der Waals surface area contributed by atoms with Crippen molar-refractivity contribution in [2.75, 3.05) is 26.2 Å². The molecule has 3 fully saturated rings. The molecule has 0 bridgehead atoms. The summed E-state index contributed by atoms with van der Waals surface area (Å²) in [6.07, 6.45) is 1.21. The van der Waals surface area contributed by atoms with Gasteiger partial charge in [-0.25, -0.2) is 8.42 Å². The number of amides is 2. The van der Waals surface area contributed by atoms with Crippen LogP contribution in [0.3, 0.4) is 0 Å². The third-order valence-corrected chi connectivity index (χ3v) is 10.7. The minimum absolute atomic E-state index is 0.00832. The summed E-state index contributed by atoms with van der Waals surface area (Å²) in [5.74, 6) is -0.417. The predicted octanol–water partition coefficient (Wildman–Crippen LogP) is 4.13. The molecule has 0 radical (unpaired) electrons. The number of benzene rings is 2. The molecule has 2 amide bonds. The zero-order chi connectivity index (χ0) is 28.1. The van der Waals surface area contributed by atoms with Gasteiger partial charge in [0.15, 0.2) is 0 Å². The number of fused-ring (bicyclic) bond motifs is 1. The van der Waals surface area contributed by atoms with E-state index in [4.69, 9.17) is 34.8 Å². The third-order valence-electron chi connectivity index (χ3n) is 7.84. The number of carbonyl (C=O) groups is 2. The monoisotopic (exact) mass is 612 g/mol. The smallest absolute Gasteiger partial charge is 0.246 e. The number of halogens is 3. The van der Waals surface area contributed by atoms with E-state index in [-0.39, 0.29) is 47.3 Å². The summed E-state index contributed by atoms with van der Waals surface area (Å²) in [5.41, 5.74) is 0.827. The van der Waals surface area contributed by atoms with Crippen LogP contribution in [0.2, 0.25) is 15.1 Å². The van der Waals surface area contributed by atoms with Crippen LogP contribution in [0.5, 0.6) is 0 Å². The van der Waals surface area contributed by atoms with Crippen LogP contribution in [-0.4, -0.2) is 89.7 Å². The molecule has 0 aromatic heterocycles. The number of likely N-dealkylation sites (tertiary alicyclic amines) is 1. The molecule has 0 spiro atoms. The van der Waals surface area contributed by atoms with Crippen LogP contribution in [0.25, 0.3) is 0 Å². The normalized spacial score (nSPS) is 25.0. The number of hydrogen-bond acceptors (Lipinski definition) is 5. The van der Waals surface area contributed by atoms with E-state index in [2.05, 4.69) is 0 Å². The van der Waals surface area contributed by atoms with Gasteiger partial charge in [-0.2, -0.15) is 4.31 Å². The first kappa shape index (κ1) is 28.6. The molecule has 3 heterocycles. The van der Waals surface area contributed by atoms with Gasteiger partial charge in [0.05, 0.1) is 11.6 Å². The summed E-state index contributed by atoms with van der Waals surface area (Å²) in [4.78, 5) is 33.2. The van der Waals surface area contributed by atoms with Crippen LogP contribution in [0.1, 0.15) is 32.3 Å². The lowest BCUT2D eigenvalue weighted by atomic mass is 9.96. The van der Waals surface area contributed by atoms with E-state index in [0.717, 1.165) is 18.4 Å². The molecule has 210 valence electrons. The zero-order valence-corrected chi connectivity index (χ0v) is 24.8. The average molecular weight is 614 g/mol. The Bertz CT molecular complexity index is 1370. The fourth-order valence-electron chi connectivity index (χ4n) is 5.83. The Balaban J connectivity index is 1.62. The zero-order valence-electron chi connectivity index (χ0n) is 21.8. The van der Waals surface area contributed by atoms with Gasteiger partial charge in [-0.15, -0.1) is 0 Å². The Kier molecular flexibility index (Phi) is 8.21. The van der Waals surface area contributed by atoms with Crippen LogP contribution in [-0.2, 0) is 26.0 Å². The van der Waals surface area contributed by atoms with Crippen molar-refractivity contribution in [1.29, 1.82) is 0 Å².